The zero-order valence-corrected chi connectivity index (χ0v) is 12.7. The van der Waals surface area contributed by atoms with Crippen molar-refractivity contribution in [1.29, 1.82) is 0 Å². The Balaban J connectivity index is 2.87. The van der Waals surface area contributed by atoms with Crippen molar-refractivity contribution in [2.45, 2.75) is 0 Å². The Bertz CT molecular complexity index is 643. The average molecular weight is 360 g/mol. The molecule has 0 saturated carbocycles. The van der Waals surface area contributed by atoms with Crippen LogP contribution in [0, 0.1) is 5.82 Å². The average Bonchev–Trinajstić information content (AvgIpc) is 2.38. The number of rotatable bonds is 1. The van der Waals surface area contributed by atoms with Gasteiger partial charge in [0.25, 0.3) is 0 Å². The SMILES string of the molecule is Oc1ccc(F)c(-c2c(Cl)c(Cl)c(Cl)c(Cl)c2Cl)c1. The van der Waals surface area contributed by atoms with Gasteiger partial charge in [-0.3, -0.25) is 0 Å². The molecule has 0 bridgehead atoms. The minimum absolute atomic E-state index is 0.0114. The molecular formula is C12H4Cl5FO. The topological polar surface area (TPSA) is 20.2 Å². The fourth-order valence-corrected chi connectivity index (χ4v) is 2.89. The lowest BCUT2D eigenvalue weighted by atomic mass is 10.0. The molecule has 2 aromatic carbocycles. The summed E-state index contributed by atoms with van der Waals surface area (Å²) in [4.78, 5) is 0. The van der Waals surface area contributed by atoms with E-state index in [-0.39, 0.29) is 42.0 Å². The first-order valence-electron chi connectivity index (χ1n) is 4.85. The number of halogens is 6. The van der Waals surface area contributed by atoms with Crippen molar-refractivity contribution in [1.82, 2.24) is 0 Å². The van der Waals surface area contributed by atoms with Crippen LogP contribution in [0.4, 0.5) is 4.39 Å². The molecule has 2 aromatic rings. The summed E-state index contributed by atoms with van der Waals surface area (Å²) in [6.45, 7) is 0. The first kappa shape index (κ1) is 15.0. The van der Waals surface area contributed by atoms with E-state index < -0.39 is 5.82 Å². The molecule has 0 spiro atoms. The number of phenols is 1. The molecule has 1 nitrogen and oxygen atoms in total. The van der Waals surface area contributed by atoms with Gasteiger partial charge in [0.2, 0.25) is 0 Å². The lowest BCUT2D eigenvalue weighted by Gasteiger charge is -2.13. The van der Waals surface area contributed by atoms with Crippen LogP contribution in [0.3, 0.4) is 0 Å². The van der Waals surface area contributed by atoms with E-state index in [0.29, 0.717) is 0 Å². The van der Waals surface area contributed by atoms with Crippen LogP contribution in [-0.2, 0) is 0 Å². The predicted molar refractivity (Wildman–Crippen MR) is 78.6 cm³/mol. The number of phenolic OH excluding ortho intramolecular Hbond substituents is 1. The van der Waals surface area contributed by atoms with E-state index in [4.69, 9.17) is 58.0 Å². The van der Waals surface area contributed by atoms with Crippen molar-refractivity contribution in [2.75, 3.05) is 0 Å². The number of aromatic hydroxyl groups is 1. The maximum Gasteiger partial charge on any atom is 0.131 e. The summed E-state index contributed by atoms with van der Waals surface area (Å²) in [6, 6.07) is 3.44. The van der Waals surface area contributed by atoms with E-state index in [1.165, 1.54) is 12.1 Å². The Hall–Kier alpha value is -0.380. The molecule has 2 rings (SSSR count). The minimum atomic E-state index is -0.629. The Morgan fingerprint density at radius 2 is 1.26 bits per heavy atom. The van der Waals surface area contributed by atoms with Crippen molar-refractivity contribution in [3.8, 4) is 16.9 Å². The third-order valence-corrected chi connectivity index (χ3v) is 4.71. The molecule has 0 fully saturated rings. The molecule has 0 atom stereocenters. The highest BCUT2D eigenvalue weighted by molar-refractivity contribution is 6.56. The molecule has 0 radical (unpaired) electrons. The second-order valence-corrected chi connectivity index (χ2v) is 5.50. The Labute approximate surface area is 133 Å². The Morgan fingerprint density at radius 1 is 0.789 bits per heavy atom. The van der Waals surface area contributed by atoms with Crippen molar-refractivity contribution >= 4 is 58.0 Å². The fraction of sp³-hybridized carbons (Fsp3) is 0. The van der Waals surface area contributed by atoms with Crippen LogP contribution in [-0.4, -0.2) is 5.11 Å². The quantitative estimate of drug-likeness (QED) is 0.457. The molecule has 0 heterocycles. The summed E-state index contributed by atoms with van der Waals surface area (Å²) in [7, 11) is 0. The number of benzene rings is 2. The molecule has 100 valence electrons. The van der Waals surface area contributed by atoms with Crippen LogP contribution in [0.25, 0.3) is 11.1 Å². The molecule has 0 saturated heterocycles. The van der Waals surface area contributed by atoms with Gasteiger partial charge in [0.1, 0.15) is 11.6 Å². The van der Waals surface area contributed by atoms with Gasteiger partial charge in [0.15, 0.2) is 0 Å². The molecule has 0 aliphatic carbocycles. The van der Waals surface area contributed by atoms with Gasteiger partial charge in [-0.1, -0.05) is 58.0 Å². The van der Waals surface area contributed by atoms with Gasteiger partial charge in [0, 0.05) is 11.1 Å². The maximum atomic E-state index is 13.8. The summed E-state index contributed by atoms with van der Waals surface area (Å²) in [5, 5.41) is 9.28. The lowest BCUT2D eigenvalue weighted by Crippen LogP contribution is -1.90. The normalized spacial score (nSPS) is 10.8. The zero-order chi connectivity index (χ0) is 14.3. The Morgan fingerprint density at radius 3 is 1.79 bits per heavy atom. The van der Waals surface area contributed by atoms with Crippen LogP contribution >= 0.6 is 58.0 Å². The van der Waals surface area contributed by atoms with Crippen LogP contribution < -0.4 is 0 Å². The van der Waals surface area contributed by atoms with Gasteiger partial charge >= 0.3 is 0 Å². The highest BCUT2D eigenvalue weighted by Crippen LogP contribution is 2.48. The molecule has 0 amide bonds. The van der Waals surface area contributed by atoms with Crippen LogP contribution in [0.2, 0.25) is 25.1 Å². The van der Waals surface area contributed by atoms with Crippen molar-refractivity contribution in [3.63, 3.8) is 0 Å². The van der Waals surface area contributed by atoms with E-state index in [1.807, 2.05) is 0 Å². The first-order valence-corrected chi connectivity index (χ1v) is 6.74. The second kappa shape index (κ2) is 5.55. The monoisotopic (exact) mass is 358 g/mol. The summed E-state index contributed by atoms with van der Waals surface area (Å²) in [6.07, 6.45) is 0. The first-order chi connectivity index (χ1) is 8.84. The van der Waals surface area contributed by atoms with Crippen molar-refractivity contribution in [3.05, 3.63) is 49.1 Å². The summed E-state index contributed by atoms with van der Waals surface area (Å²) < 4.78 is 13.8. The standard InChI is InChI=1S/C12H4Cl5FO/c13-8-7(5-3-4(19)1-2-6(5)18)9(14)11(16)12(17)10(8)15/h1-3,19H. The molecular weight excluding hydrogens is 356 g/mol. The molecule has 0 unspecified atom stereocenters. The minimum Gasteiger partial charge on any atom is -0.508 e. The van der Waals surface area contributed by atoms with Gasteiger partial charge in [-0.05, 0) is 18.2 Å². The van der Waals surface area contributed by atoms with E-state index >= 15 is 0 Å². The van der Waals surface area contributed by atoms with E-state index in [0.717, 1.165) is 6.07 Å². The van der Waals surface area contributed by atoms with Crippen molar-refractivity contribution in [2.24, 2.45) is 0 Å². The lowest BCUT2D eigenvalue weighted by molar-refractivity contribution is 0.473. The van der Waals surface area contributed by atoms with Gasteiger partial charge in [-0.25, -0.2) is 4.39 Å². The predicted octanol–water partition coefficient (Wildman–Crippen LogP) is 6.47. The molecule has 1 N–H and O–H groups in total. The van der Waals surface area contributed by atoms with Crippen LogP contribution in [0.15, 0.2) is 18.2 Å². The summed E-state index contributed by atoms with van der Waals surface area (Å²) in [5.41, 5.74) is 0.0617. The fourth-order valence-electron chi connectivity index (χ4n) is 1.55. The third-order valence-electron chi connectivity index (χ3n) is 2.43. The summed E-state index contributed by atoms with van der Waals surface area (Å²) in [5.74, 6) is -0.776. The van der Waals surface area contributed by atoms with Gasteiger partial charge in [0.05, 0.1) is 25.1 Å². The largest absolute Gasteiger partial charge is 0.508 e. The van der Waals surface area contributed by atoms with Gasteiger partial charge < -0.3 is 5.11 Å². The van der Waals surface area contributed by atoms with Crippen molar-refractivity contribution < 1.29 is 9.50 Å². The molecule has 7 heteroatoms. The zero-order valence-electron chi connectivity index (χ0n) is 8.95. The molecule has 19 heavy (non-hydrogen) atoms. The van der Waals surface area contributed by atoms with Crippen LogP contribution in [0.1, 0.15) is 0 Å². The molecule has 0 aromatic heterocycles. The highest BCUT2D eigenvalue weighted by atomic mass is 35.5. The Kier molecular flexibility index (Phi) is 4.38. The molecule has 0 aliphatic rings. The second-order valence-electron chi connectivity index (χ2n) is 3.61. The van der Waals surface area contributed by atoms with E-state index in [9.17, 15) is 9.50 Å². The van der Waals surface area contributed by atoms with Gasteiger partial charge in [-0.15, -0.1) is 0 Å². The highest BCUT2D eigenvalue weighted by Gasteiger charge is 2.22. The third kappa shape index (κ3) is 2.61. The van der Waals surface area contributed by atoms with Gasteiger partial charge in [-0.2, -0.15) is 0 Å². The maximum absolute atomic E-state index is 13.8. The summed E-state index contributed by atoms with van der Waals surface area (Å²) >= 11 is 29.7. The van der Waals surface area contributed by atoms with E-state index in [2.05, 4.69) is 0 Å². The number of hydrogen-bond donors (Lipinski definition) is 1. The number of hydrogen-bond acceptors (Lipinski definition) is 1. The molecule has 0 aliphatic heterocycles. The van der Waals surface area contributed by atoms with Crippen LogP contribution in [0.5, 0.6) is 5.75 Å². The smallest absolute Gasteiger partial charge is 0.131 e. The van der Waals surface area contributed by atoms with E-state index in [1.54, 1.807) is 0 Å².